The van der Waals surface area contributed by atoms with Gasteiger partial charge in [0.25, 0.3) is 0 Å². The van der Waals surface area contributed by atoms with Gasteiger partial charge in [0, 0.05) is 47.8 Å². The number of hydrogen-bond acceptors (Lipinski definition) is 6. The van der Waals surface area contributed by atoms with Crippen LogP contribution in [-0.4, -0.2) is 63.7 Å². The standard InChI is InChI=1S/C44H50N4O4/c1-28-37(44(50)51)26-40-41(28)42(30-8-3-2-4-9-30)43(33-15-18-39-32(24-33)14-17-38(46-39)31-10-6-11-34(45)25-31)48(40)27-36(49)23-29-7-5-12-35(16-13-29)47-19-21-52-22-20-47/h6,10-11,14-15,17-18,24-26,29-30,35H,1-5,7-9,12-13,16,19-23,27,45H2,(H,50,51). The fourth-order valence-electron chi connectivity index (χ4n) is 9.50. The van der Waals surface area contributed by atoms with Crippen molar-refractivity contribution in [2.24, 2.45) is 5.92 Å². The highest BCUT2D eigenvalue weighted by Crippen LogP contribution is 2.50. The molecule has 2 unspecified atom stereocenters. The Hall–Kier alpha value is -4.53. The zero-order valence-corrected chi connectivity index (χ0v) is 30.1. The number of nitrogens with zero attached hydrogens (tertiary/aromatic N) is 3. The monoisotopic (exact) mass is 698 g/mol. The number of nitrogen functional groups attached to an aromatic ring is 1. The van der Waals surface area contributed by atoms with Gasteiger partial charge in [-0.3, -0.25) is 9.69 Å². The Morgan fingerprint density at radius 2 is 1.73 bits per heavy atom. The number of aromatic nitrogens is 2. The summed E-state index contributed by atoms with van der Waals surface area (Å²) in [5.41, 5.74) is 15.2. The second-order valence-electron chi connectivity index (χ2n) is 15.4. The molecule has 2 aromatic carbocycles. The van der Waals surface area contributed by atoms with Gasteiger partial charge in [-0.25, -0.2) is 9.78 Å². The van der Waals surface area contributed by atoms with Gasteiger partial charge in [0.15, 0.2) is 5.78 Å². The molecule has 0 radical (unpaired) electrons. The van der Waals surface area contributed by atoms with E-state index < -0.39 is 5.97 Å². The van der Waals surface area contributed by atoms with Gasteiger partial charge in [0.05, 0.1) is 47.9 Å². The average molecular weight is 699 g/mol. The van der Waals surface area contributed by atoms with Crippen LogP contribution in [0.2, 0.25) is 0 Å². The Morgan fingerprint density at radius 1 is 0.904 bits per heavy atom. The number of nitrogens with two attached hydrogens (primary N) is 1. The van der Waals surface area contributed by atoms with Crippen molar-refractivity contribution in [1.29, 1.82) is 0 Å². The highest BCUT2D eigenvalue weighted by Gasteiger charge is 2.36. The maximum Gasteiger partial charge on any atom is 0.336 e. The van der Waals surface area contributed by atoms with Crippen molar-refractivity contribution >= 4 is 40.0 Å². The lowest BCUT2D eigenvalue weighted by Gasteiger charge is -2.34. The average Bonchev–Trinajstić information content (AvgIpc) is 3.55. The van der Waals surface area contributed by atoms with Gasteiger partial charge in [-0.05, 0) is 103 Å². The van der Waals surface area contributed by atoms with Crippen LogP contribution in [0.1, 0.15) is 93.4 Å². The molecule has 2 aromatic heterocycles. The van der Waals surface area contributed by atoms with E-state index >= 15 is 0 Å². The number of benzene rings is 2. The SMILES string of the molecule is C=C1C(C(=O)O)=Cc2c1c(C1CCCCC1)c(-c1ccc3nc(-c4cccc(N)c4)ccc3c1)n2CC(=O)CC1CCCC(N2CCOCC2)CC1. The molecule has 1 saturated heterocycles. The molecule has 4 aromatic rings. The van der Waals surface area contributed by atoms with Gasteiger partial charge in [-0.2, -0.15) is 0 Å². The smallest absolute Gasteiger partial charge is 0.336 e. The normalized spacial score (nSPS) is 21.5. The van der Waals surface area contributed by atoms with E-state index in [2.05, 4.69) is 40.3 Å². The minimum absolute atomic E-state index is 0.209. The first kappa shape index (κ1) is 34.6. The summed E-state index contributed by atoms with van der Waals surface area (Å²) in [6, 6.07) is 18.9. The number of fused-ring (bicyclic) bond motifs is 2. The Balaban J connectivity index is 1.16. The molecule has 270 valence electrons. The van der Waals surface area contributed by atoms with Crippen LogP contribution in [0, 0.1) is 5.92 Å². The van der Waals surface area contributed by atoms with Crippen LogP contribution in [0.5, 0.6) is 0 Å². The van der Waals surface area contributed by atoms with Gasteiger partial charge >= 0.3 is 5.97 Å². The summed E-state index contributed by atoms with van der Waals surface area (Å²) in [6.07, 6.45) is 13.5. The molecular formula is C44H50N4O4. The first-order chi connectivity index (χ1) is 25.3. The number of carboxylic acid groups (broad SMARTS) is 1. The van der Waals surface area contributed by atoms with Gasteiger partial charge in [-0.15, -0.1) is 0 Å². The van der Waals surface area contributed by atoms with Crippen molar-refractivity contribution in [3.8, 4) is 22.5 Å². The molecule has 3 aliphatic carbocycles. The third-order valence-corrected chi connectivity index (χ3v) is 12.1. The lowest BCUT2D eigenvalue weighted by atomic mass is 9.80. The maximum absolute atomic E-state index is 14.2. The number of carbonyl (C=O) groups excluding carboxylic acids is 1. The van der Waals surface area contributed by atoms with Gasteiger partial charge in [0.1, 0.15) is 0 Å². The molecule has 3 N–H and O–H groups in total. The number of ether oxygens (including phenoxy) is 1. The van der Waals surface area contributed by atoms with Crippen LogP contribution >= 0.6 is 0 Å². The molecule has 0 amide bonds. The van der Waals surface area contributed by atoms with E-state index in [0.29, 0.717) is 29.6 Å². The van der Waals surface area contributed by atoms with Crippen LogP contribution < -0.4 is 5.73 Å². The second kappa shape index (κ2) is 14.8. The Labute approximate surface area is 306 Å². The van der Waals surface area contributed by atoms with Crippen molar-refractivity contribution in [2.45, 2.75) is 89.1 Å². The van der Waals surface area contributed by atoms with Crippen LogP contribution in [-0.2, 0) is 20.9 Å². The molecule has 3 fully saturated rings. The minimum atomic E-state index is -0.976. The Bertz CT molecular complexity index is 2050. The van der Waals surface area contributed by atoms with Crippen molar-refractivity contribution < 1.29 is 19.4 Å². The number of anilines is 1. The lowest BCUT2D eigenvalue weighted by molar-refractivity contribution is -0.132. The zero-order valence-electron chi connectivity index (χ0n) is 30.1. The number of rotatable bonds is 9. The molecule has 3 heterocycles. The van der Waals surface area contributed by atoms with E-state index in [0.717, 1.165) is 128 Å². The van der Waals surface area contributed by atoms with Crippen molar-refractivity contribution in [3.63, 3.8) is 0 Å². The van der Waals surface area contributed by atoms with Crippen LogP contribution in [0.4, 0.5) is 5.69 Å². The predicted octanol–water partition coefficient (Wildman–Crippen LogP) is 8.74. The summed E-state index contributed by atoms with van der Waals surface area (Å²) in [7, 11) is 0. The van der Waals surface area contributed by atoms with E-state index in [4.69, 9.17) is 15.5 Å². The molecule has 2 atom stereocenters. The van der Waals surface area contributed by atoms with Gasteiger partial charge in [-0.1, -0.05) is 56.5 Å². The number of ketones is 1. The Morgan fingerprint density at radius 3 is 2.52 bits per heavy atom. The summed E-state index contributed by atoms with van der Waals surface area (Å²) in [6.45, 7) is 8.20. The van der Waals surface area contributed by atoms with Crippen molar-refractivity contribution in [1.82, 2.24) is 14.5 Å². The van der Waals surface area contributed by atoms with Crippen LogP contribution in [0.25, 0.3) is 45.1 Å². The topological polar surface area (TPSA) is 111 Å². The van der Waals surface area contributed by atoms with Crippen LogP contribution in [0.15, 0.2) is 66.7 Å². The molecule has 8 rings (SSSR count). The van der Waals surface area contributed by atoms with E-state index in [1.54, 1.807) is 6.08 Å². The molecule has 8 nitrogen and oxygen atoms in total. The molecule has 52 heavy (non-hydrogen) atoms. The number of carboxylic acids is 1. The molecule has 8 heteroatoms. The highest BCUT2D eigenvalue weighted by molar-refractivity contribution is 6.14. The zero-order chi connectivity index (χ0) is 35.8. The number of hydrogen-bond donors (Lipinski definition) is 2. The van der Waals surface area contributed by atoms with Gasteiger partial charge in [0.2, 0.25) is 0 Å². The molecule has 0 spiro atoms. The largest absolute Gasteiger partial charge is 0.478 e. The first-order valence-corrected chi connectivity index (χ1v) is 19.4. The summed E-state index contributed by atoms with van der Waals surface area (Å²) in [5, 5.41) is 11.2. The number of carbonyl (C=O) groups is 2. The number of Topliss-reactive ketones (excluding diaryl/α,β-unsaturated/α-hetero) is 1. The lowest BCUT2D eigenvalue weighted by Crippen LogP contribution is -2.43. The van der Waals surface area contributed by atoms with Gasteiger partial charge < -0.3 is 20.1 Å². The van der Waals surface area contributed by atoms with Crippen molar-refractivity contribution in [3.05, 3.63) is 83.6 Å². The molecule has 0 bridgehead atoms. The maximum atomic E-state index is 14.2. The first-order valence-electron chi connectivity index (χ1n) is 19.4. The minimum Gasteiger partial charge on any atom is -0.478 e. The molecule has 2 saturated carbocycles. The number of morpholine rings is 1. The molecule has 4 aliphatic rings. The summed E-state index contributed by atoms with van der Waals surface area (Å²) in [4.78, 5) is 34.3. The summed E-state index contributed by atoms with van der Waals surface area (Å²) < 4.78 is 7.74. The molecule has 1 aliphatic heterocycles. The predicted molar refractivity (Wildman–Crippen MR) is 208 cm³/mol. The summed E-state index contributed by atoms with van der Waals surface area (Å²) in [5.74, 6) is -0.132. The third kappa shape index (κ3) is 6.86. The fraction of sp³-hybridized carbons (Fsp3) is 0.432. The van der Waals surface area contributed by atoms with E-state index in [1.165, 1.54) is 12.8 Å². The third-order valence-electron chi connectivity index (χ3n) is 12.1. The van der Waals surface area contributed by atoms with E-state index in [-0.39, 0.29) is 23.8 Å². The number of pyridine rings is 1. The molecular weight excluding hydrogens is 649 g/mol. The highest BCUT2D eigenvalue weighted by atomic mass is 16.5. The number of aliphatic carboxylic acids is 1. The fourth-order valence-corrected chi connectivity index (χ4v) is 9.50. The second-order valence-corrected chi connectivity index (χ2v) is 15.4. The van der Waals surface area contributed by atoms with Crippen molar-refractivity contribution in [2.75, 3.05) is 32.0 Å². The van der Waals surface area contributed by atoms with E-state index in [1.807, 2.05) is 30.3 Å². The quantitative estimate of drug-likeness (QED) is 0.133. The van der Waals surface area contributed by atoms with Crippen LogP contribution in [0.3, 0.4) is 0 Å². The van der Waals surface area contributed by atoms with E-state index in [9.17, 15) is 14.7 Å². The Kier molecular flexibility index (Phi) is 9.86. The summed E-state index contributed by atoms with van der Waals surface area (Å²) >= 11 is 0.